The summed E-state index contributed by atoms with van der Waals surface area (Å²) in [5, 5.41) is 11.1. The van der Waals surface area contributed by atoms with E-state index in [2.05, 4.69) is 4.98 Å². The van der Waals surface area contributed by atoms with Crippen molar-refractivity contribution in [3.8, 4) is 0 Å². The predicted molar refractivity (Wildman–Crippen MR) is 85.5 cm³/mol. The molecule has 1 aromatic heterocycles. The molecule has 0 aliphatic heterocycles. The number of nitro benzene ring substituents is 1. The van der Waals surface area contributed by atoms with Gasteiger partial charge in [-0.3, -0.25) is 10.1 Å². The van der Waals surface area contributed by atoms with Crippen molar-refractivity contribution in [3.05, 3.63) is 63.5 Å². The van der Waals surface area contributed by atoms with Crippen LogP contribution in [-0.4, -0.2) is 30.0 Å². The van der Waals surface area contributed by atoms with Crippen LogP contribution >= 0.6 is 0 Å². The van der Waals surface area contributed by atoms with Gasteiger partial charge in [-0.2, -0.15) is 0 Å². The van der Waals surface area contributed by atoms with E-state index in [4.69, 9.17) is 4.74 Å². The number of nitro groups is 1. The van der Waals surface area contributed by atoms with E-state index in [9.17, 15) is 14.9 Å². The third kappa shape index (κ3) is 4.03. The van der Waals surface area contributed by atoms with E-state index in [0.717, 1.165) is 0 Å². The first-order chi connectivity index (χ1) is 10.9. The van der Waals surface area contributed by atoms with E-state index in [-0.39, 0.29) is 18.0 Å². The average Bonchev–Trinajstić information content (AvgIpc) is 2.52. The van der Waals surface area contributed by atoms with Crippen LogP contribution in [0.4, 0.5) is 11.4 Å². The molecule has 0 amide bonds. The first kappa shape index (κ1) is 16.4. The minimum atomic E-state index is -0.562. The Morgan fingerprint density at radius 3 is 2.65 bits per heavy atom. The standard InChI is InChI=1S/C16H17N3O4/c1-11-5-4-6-13(17-11)16(20)23-10-12-7-8-14(18(2)3)15(9-12)19(21)22/h4-9H,10H2,1-3H3. The highest BCUT2D eigenvalue weighted by atomic mass is 16.6. The van der Waals surface area contributed by atoms with Crippen molar-refractivity contribution in [2.24, 2.45) is 0 Å². The molecule has 2 rings (SSSR count). The van der Waals surface area contributed by atoms with Gasteiger partial charge in [-0.25, -0.2) is 9.78 Å². The van der Waals surface area contributed by atoms with Crippen molar-refractivity contribution in [2.45, 2.75) is 13.5 Å². The highest BCUT2D eigenvalue weighted by molar-refractivity contribution is 5.87. The summed E-state index contributed by atoms with van der Waals surface area (Å²) >= 11 is 0. The molecule has 0 radical (unpaired) electrons. The number of hydrogen-bond acceptors (Lipinski definition) is 6. The van der Waals surface area contributed by atoms with Crippen LogP contribution in [0.25, 0.3) is 0 Å². The van der Waals surface area contributed by atoms with Gasteiger partial charge in [0.2, 0.25) is 0 Å². The second kappa shape index (κ2) is 6.87. The van der Waals surface area contributed by atoms with Crippen LogP contribution in [0.15, 0.2) is 36.4 Å². The second-order valence-corrected chi connectivity index (χ2v) is 5.21. The topological polar surface area (TPSA) is 85.6 Å². The fraction of sp³-hybridized carbons (Fsp3) is 0.250. The van der Waals surface area contributed by atoms with Crippen LogP contribution < -0.4 is 4.90 Å². The lowest BCUT2D eigenvalue weighted by molar-refractivity contribution is -0.384. The molecule has 0 saturated heterocycles. The molecule has 23 heavy (non-hydrogen) atoms. The van der Waals surface area contributed by atoms with Crippen molar-refractivity contribution >= 4 is 17.3 Å². The Morgan fingerprint density at radius 1 is 1.30 bits per heavy atom. The van der Waals surface area contributed by atoms with Crippen LogP contribution in [0, 0.1) is 17.0 Å². The summed E-state index contributed by atoms with van der Waals surface area (Å²) in [6, 6.07) is 9.79. The maximum absolute atomic E-state index is 11.9. The summed E-state index contributed by atoms with van der Waals surface area (Å²) in [7, 11) is 3.46. The van der Waals surface area contributed by atoms with Gasteiger partial charge in [-0.1, -0.05) is 12.1 Å². The number of rotatable bonds is 5. The number of hydrogen-bond donors (Lipinski definition) is 0. The molecule has 0 bridgehead atoms. The fourth-order valence-corrected chi connectivity index (χ4v) is 2.06. The van der Waals surface area contributed by atoms with Gasteiger partial charge in [-0.15, -0.1) is 0 Å². The zero-order chi connectivity index (χ0) is 17.0. The van der Waals surface area contributed by atoms with Gasteiger partial charge in [-0.05, 0) is 30.7 Å². The van der Waals surface area contributed by atoms with E-state index >= 15 is 0 Å². The van der Waals surface area contributed by atoms with Gasteiger partial charge in [0, 0.05) is 25.9 Å². The van der Waals surface area contributed by atoms with Crippen molar-refractivity contribution in [3.63, 3.8) is 0 Å². The molecular weight excluding hydrogens is 298 g/mol. The molecule has 0 spiro atoms. The largest absolute Gasteiger partial charge is 0.456 e. The first-order valence-electron chi connectivity index (χ1n) is 6.94. The van der Waals surface area contributed by atoms with E-state index in [1.54, 1.807) is 56.3 Å². The molecule has 2 aromatic rings. The molecule has 120 valence electrons. The summed E-state index contributed by atoms with van der Waals surface area (Å²) in [6.07, 6.45) is 0. The summed E-state index contributed by atoms with van der Waals surface area (Å²) in [4.78, 5) is 28.4. The number of benzene rings is 1. The molecule has 1 heterocycles. The number of aromatic nitrogens is 1. The van der Waals surface area contributed by atoms with E-state index < -0.39 is 10.9 Å². The van der Waals surface area contributed by atoms with Crippen molar-refractivity contribution in [1.82, 2.24) is 4.98 Å². The molecule has 1 aromatic carbocycles. The normalized spacial score (nSPS) is 10.2. The number of esters is 1. The zero-order valence-electron chi connectivity index (χ0n) is 13.1. The predicted octanol–water partition coefficient (Wildman–Crippen LogP) is 2.72. The third-order valence-electron chi connectivity index (χ3n) is 3.19. The number of aryl methyl sites for hydroxylation is 1. The number of carbonyl (C=O) groups is 1. The number of carbonyl (C=O) groups excluding carboxylic acids is 1. The van der Waals surface area contributed by atoms with E-state index in [1.807, 2.05) is 0 Å². The number of pyridine rings is 1. The molecule has 0 aliphatic rings. The zero-order valence-corrected chi connectivity index (χ0v) is 13.1. The monoisotopic (exact) mass is 315 g/mol. The average molecular weight is 315 g/mol. The van der Waals surface area contributed by atoms with Gasteiger partial charge in [0.1, 0.15) is 18.0 Å². The van der Waals surface area contributed by atoms with Crippen LogP contribution in [0.2, 0.25) is 0 Å². The highest BCUT2D eigenvalue weighted by Gasteiger charge is 2.17. The van der Waals surface area contributed by atoms with Crippen molar-refractivity contribution in [2.75, 3.05) is 19.0 Å². The first-order valence-corrected chi connectivity index (χ1v) is 6.94. The Kier molecular flexibility index (Phi) is 4.90. The Labute approximate surface area is 133 Å². The lowest BCUT2D eigenvalue weighted by atomic mass is 10.1. The number of anilines is 1. The van der Waals surface area contributed by atoms with Crippen LogP contribution in [0.5, 0.6) is 0 Å². The Hall–Kier alpha value is -2.96. The third-order valence-corrected chi connectivity index (χ3v) is 3.19. The summed E-state index contributed by atoms with van der Waals surface area (Å²) in [6.45, 7) is 1.73. The maximum Gasteiger partial charge on any atom is 0.357 e. The second-order valence-electron chi connectivity index (χ2n) is 5.21. The molecule has 0 fully saturated rings. The van der Waals surface area contributed by atoms with Crippen LogP contribution in [0.3, 0.4) is 0 Å². The fourth-order valence-electron chi connectivity index (χ4n) is 2.06. The number of ether oxygens (including phenoxy) is 1. The molecular formula is C16H17N3O4. The highest BCUT2D eigenvalue weighted by Crippen LogP contribution is 2.28. The van der Waals surface area contributed by atoms with Crippen LogP contribution in [-0.2, 0) is 11.3 Å². The van der Waals surface area contributed by atoms with Crippen molar-refractivity contribution in [1.29, 1.82) is 0 Å². The van der Waals surface area contributed by atoms with E-state index in [0.29, 0.717) is 16.9 Å². The molecule has 7 nitrogen and oxygen atoms in total. The maximum atomic E-state index is 11.9. The van der Waals surface area contributed by atoms with Crippen molar-refractivity contribution < 1.29 is 14.5 Å². The number of nitrogens with zero attached hydrogens (tertiary/aromatic N) is 3. The van der Waals surface area contributed by atoms with Gasteiger partial charge >= 0.3 is 5.97 Å². The van der Waals surface area contributed by atoms with Gasteiger partial charge in [0.15, 0.2) is 0 Å². The Morgan fingerprint density at radius 2 is 2.04 bits per heavy atom. The lowest BCUT2D eigenvalue weighted by Gasteiger charge is -2.13. The Bertz CT molecular complexity index is 744. The van der Waals surface area contributed by atoms with Gasteiger partial charge in [0.05, 0.1) is 4.92 Å². The summed E-state index contributed by atoms with van der Waals surface area (Å²) < 4.78 is 5.17. The summed E-state index contributed by atoms with van der Waals surface area (Å²) in [5.41, 5.74) is 1.93. The SMILES string of the molecule is Cc1cccc(C(=O)OCc2ccc(N(C)C)c([N+](=O)[O-])c2)n1. The smallest absolute Gasteiger partial charge is 0.357 e. The summed E-state index contributed by atoms with van der Waals surface area (Å²) in [5.74, 6) is -0.562. The van der Waals surface area contributed by atoms with Gasteiger partial charge < -0.3 is 9.64 Å². The molecule has 0 N–H and O–H groups in total. The molecule has 0 aliphatic carbocycles. The minimum absolute atomic E-state index is 0.0303. The minimum Gasteiger partial charge on any atom is -0.456 e. The van der Waals surface area contributed by atoms with Crippen LogP contribution in [0.1, 0.15) is 21.7 Å². The molecule has 0 saturated carbocycles. The van der Waals surface area contributed by atoms with E-state index in [1.165, 1.54) is 6.07 Å². The van der Waals surface area contributed by atoms with Gasteiger partial charge in [0.25, 0.3) is 5.69 Å². The molecule has 7 heteroatoms. The molecule has 0 unspecified atom stereocenters. The molecule has 0 atom stereocenters. The lowest BCUT2D eigenvalue weighted by Crippen LogP contribution is -2.12. The Balaban J connectivity index is 2.13. The quantitative estimate of drug-likeness (QED) is 0.479.